The Labute approximate surface area is 132 Å². The summed E-state index contributed by atoms with van der Waals surface area (Å²) in [6, 6.07) is 5.41. The second-order valence-corrected chi connectivity index (χ2v) is 6.34. The average Bonchev–Trinajstić information content (AvgIpc) is 2.47. The van der Waals surface area contributed by atoms with Crippen molar-refractivity contribution in [2.45, 2.75) is 20.3 Å². The Kier molecular flexibility index (Phi) is 4.83. The molecule has 1 aromatic carbocycles. The molecule has 1 amide bonds. The predicted octanol–water partition coefficient (Wildman–Crippen LogP) is 3.41. The number of rotatable bonds is 4. The summed E-state index contributed by atoms with van der Waals surface area (Å²) in [5.74, 6) is 0.172. The molecule has 0 fully saturated rings. The van der Waals surface area contributed by atoms with Gasteiger partial charge in [-0.15, -0.1) is 0 Å². The van der Waals surface area contributed by atoms with Crippen molar-refractivity contribution in [3.8, 4) is 0 Å². The second kappa shape index (κ2) is 6.43. The Bertz CT molecular complexity index is 724. The summed E-state index contributed by atoms with van der Waals surface area (Å²) in [6.07, 6.45) is 2.51. The van der Waals surface area contributed by atoms with Gasteiger partial charge in [0.05, 0.1) is 0 Å². The largest absolute Gasteiger partial charge is 0.360 e. The van der Waals surface area contributed by atoms with Crippen LogP contribution in [0.3, 0.4) is 0 Å². The highest BCUT2D eigenvalue weighted by molar-refractivity contribution is 9.10. The molecule has 1 atom stereocenters. The molecule has 0 aliphatic rings. The minimum Gasteiger partial charge on any atom is -0.360 e. The van der Waals surface area contributed by atoms with Crippen LogP contribution in [0.5, 0.6) is 0 Å². The van der Waals surface area contributed by atoms with Gasteiger partial charge in [0.2, 0.25) is 5.43 Å². The lowest BCUT2D eigenvalue weighted by Gasteiger charge is -2.20. The average molecular weight is 351 g/mol. The van der Waals surface area contributed by atoms with E-state index in [1.807, 2.05) is 12.1 Å². The molecule has 4 nitrogen and oxygen atoms in total. The van der Waals surface area contributed by atoms with Gasteiger partial charge in [-0.2, -0.15) is 0 Å². The molecule has 1 aromatic heterocycles. The van der Waals surface area contributed by atoms with Gasteiger partial charge in [-0.25, -0.2) is 0 Å². The molecule has 0 saturated heterocycles. The van der Waals surface area contributed by atoms with E-state index < -0.39 is 0 Å². The van der Waals surface area contributed by atoms with Gasteiger partial charge in [-0.05, 0) is 24.1 Å². The Morgan fingerprint density at radius 2 is 2.14 bits per heavy atom. The zero-order valence-electron chi connectivity index (χ0n) is 12.4. The number of benzene rings is 1. The molecule has 0 radical (unpaired) electrons. The van der Waals surface area contributed by atoms with Crippen molar-refractivity contribution < 1.29 is 4.79 Å². The van der Waals surface area contributed by atoms with E-state index in [0.29, 0.717) is 17.8 Å². The van der Waals surface area contributed by atoms with Crippen molar-refractivity contribution >= 4 is 32.7 Å². The SMILES string of the molecule is CCC(C)CN(C)C(=O)c1c[nH]c2ccc(Br)cc2c1=O. The summed E-state index contributed by atoms with van der Waals surface area (Å²) in [6.45, 7) is 4.82. The number of nitrogens with zero attached hydrogens (tertiary/aromatic N) is 1. The summed E-state index contributed by atoms with van der Waals surface area (Å²) in [7, 11) is 1.74. The van der Waals surface area contributed by atoms with Crippen molar-refractivity contribution in [3.05, 3.63) is 44.7 Å². The minimum absolute atomic E-state index is 0.186. The summed E-state index contributed by atoms with van der Waals surface area (Å²) in [4.78, 5) is 29.6. The van der Waals surface area contributed by atoms with Crippen LogP contribution in [-0.2, 0) is 0 Å². The highest BCUT2D eigenvalue weighted by atomic mass is 79.9. The maximum absolute atomic E-state index is 12.5. The third-order valence-electron chi connectivity index (χ3n) is 3.70. The van der Waals surface area contributed by atoms with Crippen molar-refractivity contribution in [2.24, 2.45) is 5.92 Å². The smallest absolute Gasteiger partial charge is 0.259 e. The Hall–Kier alpha value is -1.62. The molecule has 21 heavy (non-hydrogen) atoms. The predicted molar refractivity (Wildman–Crippen MR) is 88.7 cm³/mol. The lowest BCUT2D eigenvalue weighted by Crippen LogP contribution is -2.34. The van der Waals surface area contributed by atoms with E-state index in [0.717, 1.165) is 16.4 Å². The monoisotopic (exact) mass is 350 g/mol. The Morgan fingerprint density at radius 3 is 2.81 bits per heavy atom. The third-order valence-corrected chi connectivity index (χ3v) is 4.20. The molecule has 0 bridgehead atoms. The van der Waals surface area contributed by atoms with E-state index in [4.69, 9.17) is 0 Å². The minimum atomic E-state index is -0.238. The number of pyridine rings is 1. The number of amides is 1. The normalized spacial score (nSPS) is 12.4. The molecule has 1 unspecified atom stereocenters. The molecular formula is C16H19BrN2O2. The lowest BCUT2D eigenvalue weighted by atomic mass is 10.1. The number of fused-ring (bicyclic) bond motifs is 1. The zero-order valence-corrected chi connectivity index (χ0v) is 14.0. The first-order valence-electron chi connectivity index (χ1n) is 7.00. The summed E-state index contributed by atoms with van der Waals surface area (Å²) in [5.41, 5.74) is 0.682. The van der Waals surface area contributed by atoms with Crippen molar-refractivity contribution in [1.29, 1.82) is 0 Å². The van der Waals surface area contributed by atoms with Crippen molar-refractivity contribution in [3.63, 3.8) is 0 Å². The molecule has 0 aliphatic carbocycles. The molecule has 1 N–H and O–H groups in total. The van der Waals surface area contributed by atoms with Crippen LogP contribution in [0.1, 0.15) is 30.6 Å². The van der Waals surface area contributed by atoms with Crippen LogP contribution in [0.15, 0.2) is 33.7 Å². The van der Waals surface area contributed by atoms with Crippen molar-refractivity contribution in [1.82, 2.24) is 9.88 Å². The van der Waals surface area contributed by atoms with E-state index >= 15 is 0 Å². The summed E-state index contributed by atoms with van der Waals surface area (Å²) >= 11 is 3.35. The second-order valence-electron chi connectivity index (χ2n) is 5.42. The molecule has 5 heteroatoms. The zero-order chi connectivity index (χ0) is 15.6. The van der Waals surface area contributed by atoms with Gasteiger partial charge >= 0.3 is 0 Å². The van der Waals surface area contributed by atoms with Gasteiger partial charge in [0.15, 0.2) is 0 Å². The Balaban J connectivity index is 2.40. The fourth-order valence-electron chi connectivity index (χ4n) is 2.23. The number of carbonyl (C=O) groups excluding carboxylic acids is 1. The number of aromatic nitrogens is 1. The van der Waals surface area contributed by atoms with E-state index in [1.54, 1.807) is 18.0 Å². The highest BCUT2D eigenvalue weighted by Gasteiger charge is 2.18. The van der Waals surface area contributed by atoms with Crippen LogP contribution >= 0.6 is 15.9 Å². The Morgan fingerprint density at radius 1 is 1.43 bits per heavy atom. The van der Waals surface area contributed by atoms with Gasteiger partial charge in [-0.1, -0.05) is 36.2 Å². The van der Waals surface area contributed by atoms with Crippen LogP contribution in [0.25, 0.3) is 10.9 Å². The van der Waals surface area contributed by atoms with E-state index in [1.165, 1.54) is 6.20 Å². The van der Waals surface area contributed by atoms with Crippen LogP contribution in [0.2, 0.25) is 0 Å². The van der Waals surface area contributed by atoms with Crippen LogP contribution < -0.4 is 5.43 Å². The molecule has 0 saturated carbocycles. The van der Waals surface area contributed by atoms with Gasteiger partial charge in [0.1, 0.15) is 5.56 Å². The van der Waals surface area contributed by atoms with Gasteiger partial charge in [0.25, 0.3) is 5.91 Å². The first-order chi connectivity index (χ1) is 9.93. The number of hydrogen-bond acceptors (Lipinski definition) is 2. The molecule has 2 aromatic rings. The fourth-order valence-corrected chi connectivity index (χ4v) is 2.60. The summed E-state index contributed by atoms with van der Waals surface area (Å²) < 4.78 is 0.818. The maximum Gasteiger partial charge on any atom is 0.259 e. The number of aromatic amines is 1. The van der Waals surface area contributed by atoms with Crippen LogP contribution in [0, 0.1) is 5.92 Å². The number of H-pyrrole nitrogens is 1. The van der Waals surface area contributed by atoms with Crippen LogP contribution in [0.4, 0.5) is 0 Å². The number of carbonyl (C=O) groups is 1. The molecule has 0 spiro atoms. The topological polar surface area (TPSA) is 53.2 Å². The number of halogens is 1. The van der Waals surface area contributed by atoms with Crippen molar-refractivity contribution in [2.75, 3.05) is 13.6 Å². The fraction of sp³-hybridized carbons (Fsp3) is 0.375. The quantitative estimate of drug-likeness (QED) is 0.918. The van der Waals surface area contributed by atoms with Gasteiger partial charge in [0, 0.05) is 35.2 Å². The molecule has 1 heterocycles. The van der Waals surface area contributed by atoms with Crippen LogP contribution in [-0.4, -0.2) is 29.4 Å². The van der Waals surface area contributed by atoms with E-state index in [9.17, 15) is 9.59 Å². The number of nitrogens with one attached hydrogen (secondary N) is 1. The third kappa shape index (κ3) is 3.35. The first kappa shape index (κ1) is 15.8. The standard InChI is InChI=1S/C16H19BrN2O2/c1-4-10(2)9-19(3)16(21)13-8-18-14-6-5-11(17)7-12(14)15(13)20/h5-8,10H,4,9H2,1-3H3,(H,18,20). The number of hydrogen-bond donors (Lipinski definition) is 1. The maximum atomic E-state index is 12.5. The summed E-state index contributed by atoms with van der Waals surface area (Å²) in [5, 5.41) is 0.521. The molecule has 2 rings (SSSR count). The van der Waals surface area contributed by atoms with E-state index in [-0.39, 0.29) is 16.9 Å². The first-order valence-corrected chi connectivity index (χ1v) is 7.79. The molecule has 112 valence electrons. The van der Waals surface area contributed by atoms with Gasteiger partial charge in [-0.3, -0.25) is 9.59 Å². The lowest BCUT2D eigenvalue weighted by molar-refractivity contribution is 0.0773. The highest BCUT2D eigenvalue weighted by Crippen LogP contribution is 2.16. The van der Waals surface area contributed by atoms with Gasteiger partial charge < -0.3 is 9.88 Å². The molecular weight excluding hydrogens is 332 g/mol. The van der Waals surface area contributed by atoms with E-state index in [2.05, 4.69) is 34.8 Å². The molecule has 0 aliphatic heterocycles.